The van der Waals surface area contributed by atoms with Crippen LogP contribution in [0, 0.1) is 0 Å². The second-order valence-electron chi connectivity index (χ2n) is 4.69. The van der Waals surface area contributed by atoms with Gasteiger partial charge < -0.3 is 10.6 Å². The summed E-state index contributed by atoms with van der Waals surface area (Å²) in [5.41, 5.74) is 1.92. The first-order valence-electron chi connectivity index (χ1n) is 6.48. The topological polar surface area (TPSA) is 54.0 Å². The summed E-state index contributed by atoms with van der Waals surface area (Å²) in [6.45, 7) is 0.916. The van der Waals surface area contributed by atoms with Crippen molar-refractivity contribution in [3.8, 4) is 11.3 Å². The zero-order valence-corrected chi connectivity index (χ0v) is 13.1. The van der Waals surface area contributed by atoms with E-state index >= 15 is 0 Å². The second kappa shape index (κ2) is 6.03. The fraction of sp³-hybridized carbons (Fsp3) is 0.286. The number of benzene rings is 1. The highest BCUT2D eigenvalue weighted by Crippen LogP contribution is 2.27. The smallest absolute Gasteiger partial charge is 0.243 e. The molecule has 1 aromatic carbocycles. The van der Waals surface area contributed by atoms with E-state index in [0.29, 0.717) is 5.13 Å². The largest absolute Gasteiger partial charge is 0.306 e. The molecule has 0 radical (unpaired) electrons. The third-order valence-corrected chi connectivity index (χ3v) is 4.48. The summed E-state index contributed by atoms with van der Waals surface area (Å²) >= 11 is 4.90. The molecule has 0 aliphatic carbocycles. The summed E-state index contributed by atoms with van der Waals surface area (Å²) in [5, 5.41) is 8.67. The lowest BCUT2D eigenvalue weighted by Crippen LogP contribution is -2.35. The van der Waals surface area contributed by atoms with Gasteiger partial charge in [-0.15, -0.1) is 11.3 Å². The molecule has 0 spiro atoms. The fourth-order valence-electron chi connectivity index (χ4n) is 2.21. The number of nitrogens with zero attached hydrogens (tertiary/aromatic N) is 1. The van der Waals surface area contributed by atoms with E-state index in [9.17, 15) is 4.79 Å². The molecule has 1 saturated heterocycles. The Bertz CT molecular complexity index is 622. The number of thiazole rings is 1. The molecular formula is C14H14BrN3OS. The van der Waals surface area contributed by atoms with Crippen molar-refractivity contribution >= 4 is 38.3 Å². The molecule has 0 bridgehead atoms. The normalized spacial score (nSPS) is 18.1. The van der Waals surface area contributed by atoms with Crippen LogP contribution in [0.1, 0.15) is 12.8 Å². The van der Waals surface area contributed by atoms with Gasteiger partial charge in [0, 0.05) is 15.4 Å². The number of halogens is 1. The Kier molecular flexibility index (Phi) is 4.14. The predicted molar refractivity (Wildman–Crippen MR) is 84.9 cm³/mol. The average Bonchev–Trinajstić information content (AvgIpc) is 3.10. The van der Waals surface area contributed by atoms with Crippen molar-refractivity contribution in [1.29, 1.82) is 0 Å². The van der Waals surface area contributed by atoms with Gasteiger partial charge in [-0.1, -0.05) is 28.1 Å². The van der Waals surface area contributed by atoms with Crippen molar-refractivity contribution in [3.05, 3.63) is 34.1 Å². The number of anilines is 1. The average molecular weight is 352 g/mol. The van der Waals surface area contributed by atoms with Crippen molar-refractivity contribution in [2.75, 3.05) is 11.9 Å². The van der Waals surface area contributed by atoms with E-state index in [0.717, 1.165) is 35.1 Å². The van der Waals surface area contributed by atoms with Crippen LogP contribution >= 0.6 is 27.3 Å². The molecule has 1 aliphatic rings. The van der Waals surface area contributed by atoms with Gasteiger partial charge in [0.25, 0.3) is 0 Å². The molecule has 1 amide bonds. The maximum absolute atomic E-state index is 12.0. The van der Waals surface area contributed by atoms with Gasteiger partial charge in [0.05, 0.1) is 11.7 Å². The summed E-state index contributed by atoms with van der Waals surface area (Å²) in [7, 11) is 0. The summed E-state index contributed by atoms with van der Waals surface area (Å²) in [6.07, 6.45) is 1.95. The predicted octanol–water partition coefficient (Wildman–Crippen LogP) is 3.26. The van der Waals surface area contributed by atoms with Crippen LogP contribution in [0.15, 0.2) is 34.1 Å². The van der Waals surface area contributed by atoms with Crippen LogP contribution in [0.4, 0.5) is 5.13 Å². The number of nitrogens with one attached hydrogen (secondary N) is 2. The van der Waals surface area contributed by atoms with Crippen molar-refractivity contribution in [2.24, 2.45) is 0 Å². The molecule has 3 rings (SSSR count). The molecule has 1 unspecified atom stereocenters. The first kappa shape index (κ1) is 13.7. The lowest BCUT2D eigenvalue weighted by molar-refractivity contribution is -0.117. The Morgan fingerprint density at radius 3 is 3.15 bits per heavy atom. The number of carbonyl (C=O) groups is 1. The minimum absolute atomic E-state index is 0.0117. The van der Waals surface area contributed by atoms with E-state index < -0.39 is 0 Å². The number of hydrogen-bond donors (Lipinski definition) is 2. The van der Waals surface area contributed by atoms with Gasteiger partial charge in [-0.05, 0) is 31.5 Å². The van der Waals surface area contributed by atoms with Crippen LogP contribution in [0.25, 0.3) is 11.3 Å². The number of amides is 1. The van der Waals surface area contributed by atoms with Crippen molar-refractivity contribution < 1.29 is 4.79 Å². The molecule has 1 aromatic heterocycles. The molecule has 4 nitrogen and oxygen atoms in total. The molecule has 1 fully saturated rings. The van der Waals surface area contributed by atoms with Crippen LogP contribution in [0.3, 0.4) is 0 Å². The number of carbonyl (C=O) groups excluding carboxylic acids is 1. The van der Waals surface area contributed by atoms with Crippen molar-refractivity contribution in [2.45, 2.75) is 18.9 Å². The first-order chi connectivity index (χ1) is 9.72. The maximum atomic E-state index is 12.0. The van der Waals surface area contributed by atoms with Crippen molar-refractivity contribution in [1.82, 2.24) is 10.3 Å². The van der Waals surface area contributed by atoms with Gasteiger partial charge in [-0.25, -0.2) is 4.98 Å². The molecule has 0 saturated carbocycles. The first-order valence-corrected chi connectivity index (χ1v) is 8.15. The fourth-order valence-corrected chi connectivity index (χ4v) is 3.33. The highest BCUT2D eigenvalue weighted by Gasteiger charge is 2.22. The Balaban J connectivity index is 1.72. The minimum atomic E-state index is -0.0757. The van der Waals surface area contributed by atoms with Crippen LogP contribution in [0.2, 0.25) is 0 Å². The SMILES string of the molecule is O=C(Nc1nc(-c2cccc(Br)c2)cs1)C1CCCN1. The number of rotatable bonds is 3. The Hall–Kier alpha value is -1.24. The molecule has 2 heterocycles. The Morgan fingerprint density at radius 1 is 1.50 bits per heavy atom. The lowest BCUT2D eigenvalue weighted by atomic mass is 10.2. The highest BCUT2D eigenvalue weighted by atomic mass is 79.9. The van der Waals surface area contributed by atoms with Crippen LogP contribution in [-0.2, 0) is 4.79 Å². The van der Waals surface area contributed by atoms with E-state index in [4.69, 9.17) is 0 Å². The zero-order valence-electron chi connectivity index (χ0n) is 10.7. The van der Waals surface area contributed by atoms with E-state index in [1.807, 2.05) is 29.6 Å². The van der Waals surface area contributed by atoms with E-state index in [-0.39, 0.29) is 11.9 Å². The van der Waals surface area contributed by atoms with Gasteiger partial charge >= 0.3 is 0 Å². The van der Waals surface area contributed by atoms with Gasteiger partial charge in [0.15, 0.2) is 5.13 Å². The minimum Gasteiger partial charge on any atom is -0.306 e. The van der Waals surface area contributed by atoms with Gasteiger partial charge in [-0.2, -0.15) is 0 Å². The third kappa shape index (κ3) is 3.08. The molecule has 2 aromatic rings. The van der Waals surface area contributed by atoms with Gasteiger partial charge in [-0.3, -0.25) is 4.79 Å². The summed E-state index contributed by atoms with van der Waals surface area (Å²) < 4.78 is 1.02. The maximum Gasteiger partial charge on any atom is 0.243 e. The monoisotopic (exact) mass is 351 g/mol. The second-order valence-corrected chi connectivity index (χ2v) is 6.46. The zero-order chi connectivity index (χ0) is 13.9. The highest BCUT2D eigenvalue weighted by molar-refractivity contribution is 9.10. The Labute approximate surface area is 129 Å². The number of hydrogen-bond acceptors (Lipinski definition) is 4. The third-order valence-electron chi connectivity index (χ3n) is 3.23. The Morgan fingerprint density at radius 2 is 2.40 bits per heavy atom. The lowest BCUT2D eigenvalue weighted by Gasteiger charge is -2.08. The summed E-state index contributed by atoms with van der Waals surface area (Å²) in [5.74, 6) is 0.0117. The van der Waals surface area contributed by atoms with E-state index in [2.05, 4.69) is 31.5 Å². The van der Waals surface area contributed by atoms with E-state index in [1.54, 1.807) is 0 Å². The molecular weight excluding hydrogens is 338 g/mol. The van der Waals surface area contributed by atoms with E-state index in [1.165, 1.54) is 11.3 Å². The summed E-state index contributed by atoms with van der Waals surface area (Å²) in [6, 6.07) is 7.89. The molecule has 2 N–H and O–H groups in total. The van der Waals surface area contributed by atoms with Crippen molar-refractivity contribution in [3.63, 3.8) is 0 Å². The standard InChI is InChI=1S/C14H14BrN3OS/c15-10-4-1-3-9(7-10)12-8-20-14(17-12)18-13(19)11-5-2-6-16-11/h1,3-4,7-8,11,16H,2,5-6H2,(H,17,18,19). The molecule has 104 valence electrons. The van der Waals surface area contributed by atoms with Crippen LogP contribution in [-0.4, -0.2) is 23.5 Å². The summed E-state index contributed by atoms with van der Waals surface area (Å²) in [4.78, 5) is 16.5. The molecule has 1 aliphatic heterocycles. The number of aromatic nitrogens is 1. The molecule has 1 atom stereocenters. The van der Waals surface area contributed by atoms with Crippen LogP contribution in [0.5, 0.6) is 0 Å². The quantitative estimate of drug-likeness (QED) is 0.892. The van der Waals surface area contributed by atoms with Gasteiger partial charge in [0.1, 0.15) is 0 Å². The molecule has 20 heavy (non-hydrogen) atoms. The van der Waals surface area contributed by atoms with Gasteiger partial charge in [0.2, 0.25) is 5.91 Å². The van der Waals surface area contributed by atoms with Crippen LogP contribution < -0.4 is 10.6 Å². The molecule has 6 heteroatoms.